The number of benzene rings is 2. The highest BCUT2D eigenvalue weighted by Crippen LogP contribution is 2.19. The van der Waals surface area contributed by atoms with E-state index in [0.717, 1.165) is 12.1 Å². The number of rotatable bonds is 6. The Hall–Kier alpha value is -2.94. The van der Waals surface area contributed by atoms with E-state index in [1.807, 2.05) is 0 Å². The van der Waals surface area contributed by atoms with Gasteiger partial charge in [-0.3, -0.25) is 4.79 Å². The predicted molar refractivity (Wildman–Crippen MR) is 97.9 cm³/mol. The highest BCUT2D eigenvalue weighted by atomic mass is 32.2. The van der Waals surface area contributed by atoms with Crippen molar-refractivity contribution < 1.29 is 27.5 Å². The first-order valence-electron chi connectivity index (χ1n) is 7.94. The lowest BCUT2D eigenvalue weighted by molar-refractivity contribution is 0.0685. The number of amides is 1. The van der Waals surface area contributed by atoms with Crippen molar-refractivity contribution in [3.8, 4) is 0 Å². The molecule has 0 heterocycles. The lowest BCUT2D eigenvalue weighted by atomic mass is 10.1. The molecule has 0 saturated heterocycles. The van der Waals surface area contributed by atoms with Crippen molar-refractivity contribution in [3.63, 3.8) is 0 Å². The van der Waals surface area contributed by atoms with E-state index in [-0.39, 0.29) is 10.5 Å². The van der Waals surface area contributed by atoms with Gasteiger partial charge < -0.3 is 16.2 Å². The van der Waals surface area contributed by atoms with E-state index in [4.69, 9.17) is 10.8 Å². The molecule has 0 aliphatic heterocycles. The predicted octanol–water partition coefficient (Wildman–Crippen LogP) is 2.01. The van der Waals surface area contributed by atoms with Gasteiger partial charge in [0.2, 0.25) is 0 Å². The molecule has 0 aromatic heterocycles. The van der Waals surface area contributed by atoms with E-state index in [2.05, 4.69) is 5.32 Å². The number of aryl methyl sites for hydroxylation is 1. The summed E-state index contributed by atoms with van der Waals surface area (Å²) in [5.41, 5.74) is 5.61. The zero-order valence-corrected chi connectivity index (χ0v) is 15.5. The summed E-state index contributed by atoms with van der Waals surface area (Å²) in [6.45, 7) is 3.14. The van der Waals surface area contributed by atoms with Crippen LogP contribution >= 0.6 is 0 Å². The summed E-state index contributed by atoms with van der Waals surface area (Å²) in [6, 6.07) is 6.75. The lowest BCUT2D eigenvalue weighted by Gasteiger charge is -2.16. The minimum Gasteiger partial charge on any atom is -0.478 e. The van der Waals surface area contributed by atoms with E-state index in [9.17, 15) is 22.4 Å². The fraction of sp³-hybridized carbons (Fsp3) is 0.222. The van der Waals surface area contributed by atoms with Crippen LogP contribution in [0.3, 0.4) is 0 Å². The lowest BCUT2D eigenvalue weighted by Crippen LogP contribution is -2.38. The molecule has 0 aliphatic carbocycles. The molecule has 2 rings (SSSR count). The topological polar surface area (TPSA) is 127 Å². The number of hydrogen-bond donors (Lipinski definition) is 3. The summed E-state index contributed by atoms with van der Waals surface area (Å²) in [4.78, 5) is 23.5. The van der Waals surface area contributed by atoms with Gasteiger partial charge in [-0.2, -0.15) is 0 Å². The Labute approximate surface area is 155 Å². The maximum atomic E-state index is 13.7. The fourth-order valence-electron chi connectivity index (χ4n) is 2.54. The average molecular weight is 394 g/mol. The van der Waals surface area contributed by atoms with Crippen LogP contribution in [0.15, 0.2) is 41.3 Å². The quantitative estimate of drug-likeness (QED) is 0.643. The molecular weight excluding hydrogens is 375 g/mol. The number of carbonyl (C=O) groups is 2. The number of carboxylic acids is 1. The molecule has 0 radical (unpaired) electrons. The first-order valence-corrected chi connectivity index (χ1v) is 9.59. The summed E-state index contributed by atoms with van der Waals surface area (Å²) >= 11 is 0. The molecule has 0 bridgehead atoms. The van der Waals surface area contributed by atoms with Crippen molar-refractivity contribution in [1.29, 1.82) is 0 Å². The zero-order valence-electron chi connectivity index (χ0n) is 14.7. The van der Waals surface area contributed by atoms with Crippen LogP contribution in [-0.2, 0) is 9.84 Å². The molecule has 2 aromatic rings. The highest BCUT2D eigenvalue weighted by molar-refractivity contribution is 7.91. The van der Waals surface area contributed by atoms with Crippen LogP contribution in [0.4, 0.5) is 10.1 Å². The first-order chi connectivity index (χ1) is 12.5. The highest BCUT2D eigenvalue weighted by Gasteiger charge is 2.24. The molecule has 9 heteroatoms. The number of nitrogen functional groups attached to an aromatic ring is 1. The van der Waals surface area contributed by atoms with Gasteiger partial charge in [0.1, 0.15) is 11.4 Å². The SMILES string of the molecule is Cc1cc(S(=O)(=O)CC(C)NC(=O)c2cccc(F)c2C(=O)O)ccc1N. The average Bonchev–Trinajstić information content (AvgIpc) is 2.55. The summed E-state index contributed by atoms with van der Waals surface area (Å²) in [7, 11) is -3.72. The standard InChI is InChI=1S/C18H19FN2O5S/c1-10-8-12(6-7-15(10)20)27(25,26)9-11(2)21-17(22)13-4-3-5-14(19)16(13)18(23)24/h3-8,11H,9,20H2,1-2H3,(H,21,22)(H,23,24). The molecule has 7 nitrogen and oxygen atoms in total. The van der Waals surface area contributed by atoms with E-state index in [1.165, 1.54) is 31.2 Å². The molecule has 1 unspecified atom stereocenters. The van der Waals surface area contributed by atoms with Gasteiger partial charge in [-0.05, 0) is 49.7 Å². The van der Waals surface area contributed by atoms with Crippen LogP contribution in [-0.4, -0.2) is 37.2 Å². The Balaban J connectivity index is 2.19. The van der Waals surface area contributed by atoms with Gasteiger partial charge in [0.15, 0.2) is 9.84 Å². The van der Waals surface area contributed by atoms with Gasteiger partial charge >= 0.3 is 5.97 Å². The van der Waals surface area contributed by atoms with E-state index >= 15 is 0 Å². The van der Waals surface area contributed by atoms with Crippen molar-refractivity contribution in [1.82, 2.24) is 5.32 Å². The Morgan fingerprint density at radius 1 is 1.26 bits per heavy atom. The second-order valence-electron chi connectivity index (χ2n) is 6.14. The maximum absolute atomic E-state index is 13.7. The first kappa shape index (κ1) is 20.4. The zero-order chi connectivity index (χ0) is 20.4. The number of nitrogens with one attached hydrogen (secondary N) is 1. The smallest absolute Gasteiger partial charge is 0.339 e. The molecular formula is C18H19FN2O5S. The van der Waals surface area contributed by atoms with Crippen molar-refractivity contribution in [2.45, 2.75) is 24.8 Å². The number of carbonyl (C=O) groups excluding carboxylic acids is 1. The molecule has 0 saturated carbocycles. The minimum absolute atomic E-state index is 0.0623. The van der Waals surface area contributed by atoms with Crippen molar-refractivity contribution in [2.75, 3.05) is 11.5 Å². The van der Waals surface area contributed by atoms with Gasteiger partial charge in [0.05, 0.1) is 16.2 Å². The minimum atomic E-state index is -3.72. The Kier molecular flexibility index (Phi) is 5.85. The van der Waals surface area contributed by atoms with Gasteiger partial charge in [-0.25, -0.2) is 17.6 Å². The molecule has 0 fully saturated rings. The van der Waals surface area contributed by atoms with Crippen LogP contribution in [0.1, 0.15) is 33.2 Å². The van der Waals surface area contributed by atoms with Gasteiger partial charge in [0, 0.05) is 11.7 Å². The number of nitrogens with two attached hydrogens (primary N) is 1. The Morgan fingerprint density at radius 3 is 2.52 bits per heavy atom. The third-order valence-corrected chi connectivity index (χ3v) is 5.83. The second kappa shape index (κ2) is 7.75. The third-order valence-electron chi connectivity index (χ3n) is 3.92. The summed E-state index contributed by atoms with van der Waals surface area (Å²) in [5.74, 6) is -3.92. The van der Waals surface area contributed by atoms with Crippen LogP contribution in [0.25, 0.3) is 0 Å². The monoisotopic (exact) mass is 394 g/mol. The largest absolute Gasteiger partial charge is 0.478 e. The van der Waals surface area contributed by atoms with Crippen molar-refractivity contribution in [3.05, 3.63) is 58.9 Å². The number of sulfone groups is 1. The molecule has 1 atom stereocenters. The molecule has 0 spiro atoms. The molecule has 27 heavy (non-hydrogen) atoms. The number of halogens is 1. The second-order valence-corrected chi connectivity index (χ2v) is 8.18. The maximum Gasteiger partial charge on any atom is 0.339 e. The van der Waals surface area contributed by atoms with Crippen LogP contribution in [0, 0.1) is 12.7 Å². The van der Waals surface area contributed by atoms with E-state index < -0.39 is 44.9 Å². The van der Waals surface area contributed by atoms with Crippen molar-refractivity contribution in [2.24, 2.45) is 0 Å². The fourth-order valence-corrected chi connectivity index (χ4v) is 4.11. The number of aromatic carboxylic acids is 1. The summed E-state index contributed by atoms with van der Waals surface area (Å²) < 4.78 is 38.7. The molecule has 2 aromatic carbocycles. The van der Waals surface area contributed by atoms with Crippen LogP contribution in [0.5, 0.6) is 0 Å². The van der Waals surface area contributed by atoms with Gasteiger partial charge in [-0.15, -0.1) is 0 Å². The number of carboxylic acid groups (broad SMARTS) is 1. The third kappa shape index (κ3) is 4.62. The summed E-state index contributed by atoms with van der Waals surface area (Å²) in [6.07, 6.45) is 0. The molecule has 4 N–H and O–H groups in total. The van der Waals surface area contributed by atoms with Gasteiger partial charge in [-0.1, -0.05) is 6.07 Å². The van der Waals surface area contributed by atoms with Crippen LogP contribution < -0.4 is 11.1 Å². The molecule has 1 amide bonds. The van der Waals surface area contributed by atoms with Gasteiger partial charge in [0.25, 0.3) is 5.91 Å². The Morgan fingerprint density at radius 2 is 1.93 bits per heavy atom. The normalized spacial score (nSPS) is 12.4. The molecule has 0 aliphatic rings. The van der Waals surface area contributed by atoms with E-state index in [1.54, 1.807) is 6.92 Å². The van der Waals surface area contributed by atoms with Crippen LogP contribution in [0.2, 0.25) is 0 Å². The number of anilines is 1. The molecule has 144 valence electrons. The summed E-state index contributed by atoms with van der Waals surface area (Å²) in [5, 5.41) is 11.5. The van der Waals surface area contributed by atoms with E-state index in [0.29, 0.717) is 11.3 Å². The van der Waals surface area contributed by atoms with Crippen molar-refractivity contribution >= 4 is 27.4 Å². The Bertz CT molecular complexity index is 1000. The number of hydrogen-bond acceptors (Lipinski definition) is 5.